The van der Waals surface area contributed by atoms with Crippen LogP contribution in [0.2, 0.25) is 0 Å². The molecule has 0 aliphatic rings. The lowest BCUT2D eigenvalue weighted by molar-refractivity contribution is -0.137. The van der Waals surface area contributed by atoms with Gasteiger partial charge in [-0.3, -0.25) is 4.79 Å². The van der Waals surface area contributed by atoms with E-state index in [1.54, 1.807) is 24.3 Å². The molecule has 0 aliphatic carbocycles. The fourth-order valence-electron chi connectivity index (χ4n) is 0.777. The van der Waals surface area contributed by atoms with Crippen molar-refractivity contribution in [3.8, 4) is 5.75 Å². The molecule has 0 aliphatic heterocycles. The molecule has 1 aromatic carbocycles. The highest BCUT2D eigenvalue weighted by Gasteiger charge is 1.98. The maximum absolute atomic E-state index is 9.81. The molecule has 0 unspecified atom stereocenters. The SMILES string of the molecule is CC(C)CC(=O)O.Oc1ccccc1. The third-order valence-electron chi connectivity index (χ3n) is 1.34. The van der Waals surface area contributed by atoms with E-state index in [0.29, 0.717) is 5.75 Å². The molecule has 0 atom stereocenters. The molecule has 0 radical (unpaired) electrons. The number of benzene rings is 1. The standard InChI is InChI=1S/C6H6O.C5H10O2/c7-6-4-2-1-3-5-6;1-4(2)3-5(6)7/h1-5,7H;4H,3H2,1-2H3,(H,6,7). The maximum Gasteiger partial charge on any atom is 0.303 e. The fraction of sp³-hybridized carbons (Fsp3) is 0.364. The lowest BCUT2D eigenvalue weighted by Crippen LogP contribution is -1.99. The number of phenols is 1. The van der Waals surface area contributed by atoms with E-state index in [-0.39, 0.29) is 12.3 Å². The van der Waals surface area contributed by atoms with Crippen LogP contribution in [0.5, 0.6) is 5.75 Å². The lowest BCUT2D eigenvalue weighted by atomic mass is 10.1. The number of aromatic hydroxyl groups is 1. The minimum absolute atomic E-state index is 0.275. The predicted octanol–water partition coefficient (Wildman–Crippen LogP) is 2.51. The highest BCUT2D eigenvalue weighted by atomic mass is 16.4. The molecule has 0 saturated heterocycles. The maximum atomic E-state index is 9.81. The van der Waals surface area contributed by atoms with Gasteiger partial charge in [0.2, 0.25) is 0 Å². The van der Waals surface area contributed by atoms with E-state index in [1.165, 1.54) is 0 Å². The van der Waals surface area contributed by atoms with Gasteiger partial charge < -0.3 is 10.2 Å². The number of carboxylic acids is 1. The molecule has 2 N–H and O–H groups in total. The van der Waals surface area contributed by atoms with Crippen LogP contribution in [0, 0.1) is 5.92 Å². The molecular formula is C11H16O3. The van der Waals surface area contributed by atoms with Crippen molar-refractivity contribution in [1.29, 1.82) is 0 Å². The third kappa shape index (κ3) is 8.59. The van der Waals surface area contributed by atoms with Gasteiger partial charge in [-0.2, -0.15) is 0 Å². The highest BCUT2D eigenvalue weighted by molar-refractivity contribution is 5.66. The first-order chi connectivity index (χ1) is 6.52. The number of carbonyl (C=O) groups is 1. The largest absolute Gasteiger partial charge is 0.508 e. The summed E-state index contributed by atoms with van der Waals surface area (Å²) in [4.78, 5) is 9.81. The molecule has 3 heteroatoms. The fourth-order valence-corrected chi connectivity index (χ4v) is 0.777. The van der Waals surface area contributed by atoms with Crippen molar-refractivity contribution >= 4 is 5.97 Å². The summed E-state index contributed by atoms with van der Waals surface area (Å²) >= 11 is 0. The normalized spacial score (nSPS) is 9.07. The van der Waals surface area contributed by atoms with E-state index in [2.05, 4.69) is 0 Å². The van der Waals surface area contributed by atoms with Crippen LogP contribution in [0.25, 0.3) is 0 Å². The average Bonchev–Trinajstić information content (AvgIpc) is 2.03. The zero-order valence-corrected chi connectivity index (χ0v) is 8.47. The Morgan fingerprint density at radius 2 is 1.79 bits per heavy atom. The Hall–Kier alpha value is -1.51. The molecular weight excluding hydrogens is 180 g/mol. The van der Waals surface area contributed by atoms with E-state index in [4.69, 9.17) is 10.2 Å². The van der Waals surface area contributed by atoms with Crippen LogP contribution in [-0.4, -0.2) is 16.2 Å². The van der Waals surface area contributed by atoms with Crippen LogP contribution < -0.4 is 0 Å². The quantitative estimate of drug-likeness (QED) is 0.764. The highest BCUT2D eigenvalue weighted by Crippen LogP contribution is 2.02. The Labute approximate surface area is 84.0 Å². The van der Waals surface area contributed by atoms with Gasteiger partial charge in [0.1, 0.15) is 5.75 Å². The molecule has 3 nitrogen and oxygen atoms in total. The van der Waals surface area contributed by atoms with Gasteiger partial charge in [0.15, 0.2) is 0 Å². The molecule has 78 valence electrons. The Morgan fingerprint density at radius 1 is 1.29 bits per heavy atom. The van der Waals surface area contributed by atoms with Crippen LogP contribution in [0.15, 0.2) is 30.3 Å². The number of para-hydroxylation sites is 1. The molecule has 0 bridgehead atoms. The second-order valence-corrected chi connectivity index (χ2v) is 3.33. The van der Waals surface area contributed by atoms with Gasteiger partial charge in [-0.05, 0) is 18.1 Å². The van der Waals surface area contributed by atoms with Crippen LogP contribution >= 0.6 is 0 Å². The number of rotatable bonds is 2. The van der Waals surface area contributed by atoms with Crippen molar-refractivity contribution in [2.45, 2.75) is 20.3 Å². The molecule has 0 aromatic heterocycles. The van der Waals surface area contributed by atoms with Gasteiger partial charge in [-0.1, -0.05) is 32.0 Å². The smallest absolute Gasteiger partial charge is 0.303 e. The molecule has 1 rings (SSSR count). The summed E-state index contributed by atoms with van der Waals surface area (Å²) in [5.41, 5.74) is 0. The monoisotopic (exact) mass is 196 g/mol. The van der Waals surface area contributed by atoms with Gasteiger partial charge in [0.05, 0.1) is 0 Å². The summed E-state index contributed by atoms with van der Waals surface area (Å²) in [5, 5.41) is 16.7. The van der Waals surface area contributed by atoms with Crippen molar-refractivity contribution < 1.29 is 15.0 Å². The second-order valence-electron chi connectivity index (χ2n) is 3.33. The molecule has 0 heterocycles. The molecule has 14 heavy (non-hydrogen) atoms. The van der Waals surface area contributed by atoms with Gasteiger partial charge in [-0.25, -0.2) is 0 Å². The second kappa shape index (κ2) is 6.95. The first-order valence-corrected chi connectivity index (χ1v) is 4.48. The number of hydrogen-bond acceptors (Lipinski definition) is 2. The van der Waals surface area contributed by atoms with E-state index < -0.39 is 5.97 Å². The topological polar surface area (TPSA) is 57.5 Å². The van der Waals surface area contributed by atoms with Gasteiger partial charge in [-0.15, -0.1) is 0 Å². The first kappa shape index (κ1) is 12.5. The molecule has 0 saturated carbocycles. The summed E-state index contributed by atoms with van der Waals surface area (Å²) in [7, 11) is 0. The third-order valence-corrected chi connectivity index (χ3v) is 1.34. The van der Waals surface area contributed by atoms with E-state index in [9.17, 15) is 4.79 Å². The molecule has 0 spiro atoms. The van der Waals surface area contributed by atoms with Gasteiger partial charge >= 0.3 is 5.97 Å². The Balaban J connectivity index is 0.000000241. The molecule has 1 aromatic rings. The van der Waals surface area contributed by atoms with Crippen molar-refractivity contribution in [1.82, 2.24) is 0 Å². The van der Waals surface area contributed by atoms with Crippen molar-refractivity contribution in [2.75, 3.05) is 0 Å². The van der Waals surface area contributed by atoms with Crippen LogP contribution in [0.1, 0.15) is 20.3 Å². The Morgan fingerprint density at radius 3 is 1.93 bits per heavy atom. The average molecular weight is 196 g/mol. The van der Waals surface area contributed by atoms with E-state index >= 15 is 0 Å². The van der Waals surface area contributed by atoms with Crippen LogP contribution in [-0.2, 0) is 4.79 Å². The minimum atomic E-state index is -0.713. The lowest BCUT2D eigenvalue weighted by Gasteiger charge is -1.94. The van der Waals surface area contributed by atoms with E-state index in [0.717, 1.165) is 0 Å². The number of hydrogen-bond donors (Lipinski definition) is 2. The van der Waals surface area contributed by atoms with Crippen LogP contribution in [0.4, 0.5) is 0 Å². The summed E-state index contributed by atoms with van der Waals surface area (Å²) in [6.45, 7) is 3.77. The minimum Gasteiger partial charge on any atom is -0.508 e. The van der Waals surface area contributed by atoms with E-state index in [1.807, 2.05) is 19.9 Å². The molecule has 0 fully saturated rings. The number of aliphatic carboxylic acids is 1. The van der Waals surface area contributed by atoms with Gasteiger partial charge in [0, 0.05) is 6.42 Å². The summed E-state index contributed by atoms with van der Waals surface area (Å²) in [5.74, 6) is -0.116. The van der Waals surface area contributed by atoms with Gasteiger partial charge in [0.25, 0.3) is 0 Å². The number of carboxylic acid groups (broad SMARTS) is 1. The molecule has 0 amide bonds. The Bertz CT molecular complexity index is 254. The zero-order chi connectivity index (χ0) is 11.0. The first-order valence-electron chi connectivity index (χ1n) is 4.48. The predicted molar refractivity (Wildman–Crippen MR) is 55.2 cm³/mol. The zero-order valence-electron chi connectivity index (χ0n) is 8.47. The van der Waals surface area contributed by atoms with Crippen molar-refractivity contribution in [3.63, 3.8) is 0 Å². The Kier molecular flexibility index (Phi) is 6.20. The summed E-state index contributed by atoms with van der Waals surface area (Å²) < 4.78 is 0. The summed E-state index contributed by atoms with van der Waals surface area (Å²) in [6, 6.07) is 8.71. The summed E-state index contributed by atoms with van der Waals surface area (Å²) in [6.07, 6.45) is 0.278. The van der Waals surface area contributed by atoms with Crippen molar-refractivity contribution in [3.05, 3.63) is 30.3 Å². The number of phenolic OH excluding ortho intramolecular Hbond substituents is 1. The van der Waals surface area contributed by atoms with Crippen LogP contribution in [0.3, 0.4) is 0 Å². The van der Waals surface area contributed by atoms with Crippen molar-refractivity contribution in [2.24, 2.45) is 5.92 Å².